The van der Waals surface area contributed by atoms with Crippen LogP contribution in [0, 0.1) is 10.1 Å². The van der Waals surface area contributed by atoms with Crippen molar-refractivity contribution in [1.82, 2.24) is 9.88 Å². The predicted octanol–water partition coefficient (Wildman–Crippen LogP) is 2.54. The molecule has 104 valence electrons. The number of hydrogen-bond acceptors (Lipinski definition) is 5. The number of nitrogens with one attached hydrogen (secondary N) is 1. The molecule has 1 N–H and O–H groups in total. The van der Waals surface area contributed by atoms with Gasteiger partial charge in [-0.15, -0.1) is 0 Å². The molecule has 2 heterocycles. The van der Waals surface area contributed by atoms with Gasteiger partial charge in [0.2, 0.25) is 0 Å². The summed E-state index contributed by atoms with van der Waals surface area (Å²) in [7, 11) is 2.10. The third-order valence-electron chi connectivity index (χ3n) is 3.55. The average molecular weight is 285 g/mol. The number of nitro groups is 1. The molecule has 0 spiro atoms. The van der Waals surface area contributed by atoms with E-state index in [-0.39, 0.29) is 16.9 Å². The maximum Gasteiger partial charge on any atom is 0.276 e. The van der Waals surface area contributed by atoms with Gasteiger partial charge in [-0.3, -0.25) is 10.1 Å². The molecule has 1 aliphatic heterocycles. The number of likely N-dealkylation sites (tertiary alicyclic amines) is 1. The lowest BCUT2D eigenvalue weighted by atomic mass is 9.99. The van der Waals surface area contributed by atoms with E-state index in [2.05, 4.69) is 29.2 Å². The summed E-state index contributed by atoms with van der Waals surface area (Å²) in [6.07, 6.45) is 1.97. The van der Waals surface area contributed by atoms with Crippen LogP contribution < -0.4 is 5.32 Å². The molecule has 2 unspecified atom stereocenters. The summed E-state index contributed by atoms with van der Waals surface area (Å²) in [5.74, 6) is 0.473. The predicted molar refractivity (Wildman–Crippen MR) is 74.6 cm³/mol. The average Bonchev–Trinajstić information content (AvgIpc) is 2.33. The van der Waals surface area contributed by atoms with Crippen LogP contribution in [0.4, 0.5) is 11.5 Å². The first-order valence-corrected chi connectivity index (χ1v) is 6.62. The van der Waals surface area contributed by atoms with E-state index in [1.165, 1.54) is 12.1 Å². The smallest absolute Gasteiger partial charge is 0.276 e. The zero-order valence-electron chi connectivity index (χ0n) is 11.0. The standard InChI is InChI=1S/C12H17ClN4O2/c1-8-5-9(3-4-16(8)2)14-12-7-10(17(18)19)6-11(13)15-12/h6-9H,3-5H2,1-2H3,(H,14,15). The Kier molecular flexibility index (Phi) is 4.21. The highest BCUT2D eigenvalue weighted by Gasteiger charge is 2.23. The van der Waals surface area contributed by atoms with Crippen LogP contribution in [-0.2, 0) is 0 Å². The van der Waals surface area contributed by atoms with Crippen LogP contribution in [0.3, 0.4) is 0 Å². The quantitative estimate of drug-likeness (QED) is 0.525. The fourth-order valence-electron chi connectivity index (χ4n) is 2.29. The molecule has 0 bridgehead atoms. The number of halogens is 1. The summed E-state index contributed by atoms with van der Waals surface area (Å²) in [6, 6.07) is 3.44. The summed E-state index contributed by atoms with van der Waals surface area (Å²) < 4.78 is 0. The van der Waals surface area contributed by atoms with Crippen LogP contribution in [0.2, 0.25) is 5.15 Å². The minimum absolute atomic E-state index is 0.0384. The van der Waals surface area contributed by atoms with Gasteiger partial charge in [-0.2, -0.15) is 0 Å². The Hall–Kier alpha value is -1.40. The lowest BCUT2D eigenvalue weighted by molar-refractivity contribution is -0.384. The van der Waals surface area contributed by atoms with Gasteiger partial charge in [-0.25, -0.2) is 4.98 Å². The van der Waals surface area contributed by atoms with E-state index in [9.17, 15) is 10.1 Å². The van der Waals surface area contributed by atoms with Crippen molar-refractivity contribution in [1.29, 1.82) is 0 Å². The molecule has 6 nitrogen and oxygen atoms in total. The van der Waals surface area contributed by atoms with E-state index in [1.807, 2.05) is 0 Å². The molecule has 0 aliphatic carbocycles. The first-order valence-electron chi connectivity index (χ1n) is 6.24. The summed E-state index contributed by atoms with van der Waals surface area (Å²) in [6.45, 7) is 3.17. The van der Waals surface area contributed by atoms with Gasteiger partial charge in [-0.05, 0) is 26.8 Å². The van der Waals surface area contributed by atoms with Gasteiger partial charge in [0, 0.05) is 18.6 Å². The van der Waals surface area contributed by atoms with Gasteiger partial charge in [0.25, 0.3) is 5.69 Å². The largest absolute Gasteiger partial charge is 0.367 e. The topological polar surface area (TPSA) is 71.3 Å². The number of hydrogen-bond donors (Lipinski definition) is 1. The van der Waals surface area contributed by atoms with Crippen LogP contribution in [0.1, 0.15) is 19.8 Å². The summed E-state index contributed by atoms with van der Waals surface area (Å²) in [5.41, 5.74) is -0.0384. The Morgan fingerprint density at radius 1 is 1.58 bits per heavy atom. The fraction of sp³-hybridized carbons (Fsp3) is 0.583. The molecule has 0 saturated carbocycles. The monoisotopic (exact) mass is 284 g/mol. The SMILES string of the molecule is CC1CC(Nc2cc([N+](=O)[O-])cc(Cl)n2)CCN1C. The van der Waals surface area contributed by atoms with Crippen LogP contribution >= 0.6 is 11.6 Å². The highest BCUT2D eigenvalue weighted by Crippen LogP contribution is 2.24. The second-order valence-corrected chi connectivity index (χ2v) is 5.37. The molecule has 19 heavy (non-hydrogen) atoms. The lowest BCUT2D eigenvalue weighted by Crippen LogP contribution is -2.42. The number of nitrogens with zero attached hydrogens (tertiary/aromatic N) is 3. The normalized spacial score (nSPS) is 24.2. The zero-order chi connectivity index (χ0) is 14.0. The minimum Gasteiger partial charge on any atom is -0.367 e. The Labute approximate surface area is 116 Å². The molecule has 0 amide bonds. The van der Waals surface area contributed by atoms with E-state index in [0.29, 0.717) is 11.9 Å². The number of pyridine rings is 1. The van der Waals surface area contributed by atoms with E-state index < -0.39 is 4.92 Å². The molecule has 1 aromatic heterocycles. The van der Waals surface area contributed by atoms with Gasteiger partial charge < -0.3 is 10.2 Å². The highest BCUT2D eigenvalue weighted by atomic mass is 35.5. The summed E-state index contributed by atoms with van der Waals surface area (Å²) >= 11 is 5.80. The number of anilines is 1. The molecule has 1 fully saturated rings. The fourth-order valence-corrected chi connectivity index (χ4v) is 2.50. The molecule has 1 aromatic rings. The third kappa shape index (κ3) is 3.54. The van der Waals surface area contributed by atoms with Crippen LogP contribution in [0.25, 0.3) is 0 Å². The highest BCUT2D eigenvalue weighted by molar-refractivity contribution is 6.29. The number of aromatic nitrogens is 1. The molecule has 0 aromatic carbocycles. The van der Waals surface area contributed by atoms with E-state index in [1.54, 1.807) is 0 Å². The van der Waals surface area contributed by atoms with Crippen molar-refractivity contribution in [2.75, 3.05) is 18.9 Å². The Bertz CT molecular complexity index is 483. The summed E-state index contributed by atoms with van der Waals surface area (Å²) in [4.78, 5) is 16.7. The van der Waals surface area contributed by atoms with Gasteiger partial charge in [0.05, 0.1) is 17.1 Å². The van der Waals surface area contributed by atoms with E-state index in [0.717, 1.165) is 19.4 Å². The Morgan fingerprint density at radius 3 is 2.95 bits per heavy atom. The molecule has 1 aliphatic rings. The van der Waals surface area contributed by atoms with Crippen molar-refractivity contribution in [3.63, 3.8) is 0 Å². The van der Waals surface area contributed by atoms with Gasteiger partial charge in [0.1, 0.15) is 11.0 Å². The van der Waals surface area contributed by atoms with E-state index >= 15 is 0 Å². The Balaban J connectivity index is 2.09. The molecular formula is C12H17ClN4O2. The molecule has 7 heteroatoms. The molecular weight excluding hydrogens is 268 g/mol. The number of piperidine rings is 1. The van der Waals surface area contributed by atoms with Crippen molar-refractivity contribution in [2.24, 2.45) is 0 Å². The zero-order valence-corrected chi connectivity index (χ0v) is 11.7. The lowest BCUT2D eigenvalue weighted by Gasteiger charge is -2.35. The van der Waals surface area contributed by atoms with Crippen molar-refractivity contribution < 1.29 is 4.92 Å². The first kappa shape index (κ1) is 14.0. The van der Waals surface area contributed by atoms with E-state index in [4.69, 9.17) is 11.6 Å². The molecule has 2 atom stereocenters. The maximum absolute atomic E-state index is 10.8. The van der Waals surface area contributed by atoms with Crippen LogP contribution in [0.15, 0.2) is 12.1 Å². The van der Waals surface area contributed by atoms with Crippen molar-refractivity contribution in [2.45, 2.75) is 31.8 Å². The second-order valence-electron chi connectivity index (χ2n) is 4.99. The molecule has 1 saturated heterocycles. The van der Waals surface area contributed by atoms with Crippen molar-refractivity contribution in [3.05, 3.63) is 27.4 Å². The van der Waals surface area contributed by atoms with Crippen LogP contribution in [-0.4, -0.2) is 40.5 Å². The van der Waals surface area contributed by atoms with Crippen molar-refractivity contribution in [3.8, 4) is 0 Å². The molecule has 0 radical (unpaired) electrons. The maximum atomic E-state index is 10.8. The third-order valence-corrected chi connectivity index (χ3v) is 3.74. The van der Waals surface area contributed by atoms with Gasteiger partial charge in [-0.1, -0.05) is 11.6 Å². The first-order chi connectivity index (χ1) is 8.95. The summed E-state index contributed by atoms with van der Waals surface area (Å²) in [5, 5.41) is 14.2. The van der Waals surface area contributed by atoms with Crippen LogP contribution in [0.5, 0.6) is 0 Å². The van der Waals surface area contributed by atoms with Gasteiger partial charge >= 0.3 is 0 Å². The number of rotatable bonds is 3. The minimum atomic E-state index is -0.462. The molecule has 2 rings (SSSR count). The Morgan fingerprint density at radius 2 is 2.32 bits per heavy atom. The van der Waals surface area contributed by atoms with Gasteiger partial charge in [0.15, 0.2) is 0 Å². The second kappa shape index (κ2) is 5.71. The van der Waals surface area contributed by atoms with Crippen molar-refractivity contribution >= 4 is 23.1 Å².